The molecule has 3 nitrogen and oxygen atoms in total. The van der Waals surface area contributed by atoms with Gasteiger partial charge in [0.15, 0.2) is 0 Å². The highest BCUT2D eigenvalue weighted by atomic mass is 16.2. The molecule has 3 heteroatoms. The van der Waals surface area contributed by atoms with Gasteiger partial charge in [0.25, 0.3) is 5.91 Å². The third-order valence-corrected chi connectivity index (χ3v) is 7.75. The normalized spacial score (nSPS) is 20.1. The van der Waals surface area contributed by atoms with E-state index in [-0.39, 0.29) is 23.2 Å². The van der Waals surface area contributed by atoms with E-state index in [1.807, 2.05) is 12.1 Å². The van der Waals surface area contributed by atoms with Crippen LogP contribution in [-0.4, -0.2) is 15.7 Å². The number of rotatable bonds is 5. The molecule has 0 bridgehead atoms. The van der Waals surface area contributed by atoms with E-state index in [2.05, 4.69) is 97.0 Å². The van der Waals surface area contributed by atoms with Crippen LogP contribution in [0.2, 0.25) is 0 Å². The van der Waals surface area contributed by atoms with Crippen LogP contribution in [0.25, 0.3) is 11.3 Å². The van der Waals surface area contributed by atoms with Gasteiger partial charge in [-0.1, -0.05) is 109 Å². The van der Waals surface area contributed by atoms with E-state index in [9.17, 15) is 4.79 Å². The highest BCUT2D eigenvalue weighted by Gasteiger charge is 2.39. The van der Waals surface area contributed by atoms with Gasteiger partial charge in [-0.3, -0.25) is 4.79 Å². The molecule has 0 fully saturated rings. The van der Waals surface area contributed by atoms with Crippen molar-refractivity contribution in [3.63, 3.8) is 0 Å². The molecule has 1 aliphatic carbocycles. The molecule has 0 spiro atoms. The van der Waals surface area contributed by atoms with E-state index in [4.69, 9.17) is 5.10 Å². The lowest BCUT2D eigenvalue weighted by atomic mass is 9.69. The van der Waals surface area contributed by atoms with Crippen LogP contribution >= 0.6 is 0 Å². The molecule has 1 aromatic heterocycles. The molecule has 2 aromatic carbocycles. The van der Waals surface area contributed by atoms with Gasteiger partial charge in [0, 0.05) is 28.9 Å². The zero-order valence-electron chi connectivity index (χ0n) is 21.9. The molecule has 0 saturated carbocycles. The lowest BCUT2D eigenvalue weighted by Crippen LogP contribution is -2.33. The van der Waals surface area contributed by atoms with Crippen LogP contribution in [0.4, 0.5) is 0 Å². The number of carbonyl (C=O) groups excluding carboxylic acids is 1. The first-order valence-electron chi connectivity index (χ1n) is 12.9. The third-order valence-electron chi connectivity index (χ3n) is 7.75. The average molecular weight is 457 g/mol. The summed E-state index contributed by atoms with van der Waals surface area (Å²) >= 11 is 0. The zero-order chi connectivity index (χ0) is 24.6. The molecule has 0 radical (unpaired) electrons. The molecular formula is C31H40N2O. The summed E-state index contributed by atoms with van der Waals surface area (Å²) in [6, 6.07) is 20.9. The Bertz CT molecular complexity index is 1120. The molecule has 4 atom stereocenters. The molecule has 34 heavy (non-hydrogen) atoms. The molecule has 1 aliphatic rings. The molecule has 2 unspecified atom stereocenters. The van der Waals surface area contributed by atoms with Gasteiger partial charge < -0.3 is 0 Å². The first kappa shape index (κ1) is 24.4. The van der Waals surface area contributed by atoms with Crippen LogP contribution in [-0.2, 0) is 0 Å². The smallest absolute Gasteiger partial charge is 0.250 e. The van der Waals surface area contributed by atoms with E-state index in [1.54, 1.807) is 4.68 Å². The van der Waals surface area contributed by atoms with E-state index in [0.29, 0.717) is 17.8 Å². The first-order valence-corrected chi connectivity index (χ1v) is 12.9. The summed E-state index contributed by atoms with van der Waals surface area (Å²) < 4.78 is 1.78. The summed E-state index contributed by atoms with van der Waals surface area (Å²) in [5.74, 6) is 1.25. The van der Waals surface area contributed by atoms with Gasteiger partial charge >= 0.3 is 0 Å². The van der Waals surface area contributed by atoms with Crippen molar-refractivity contribution < 1.29 is 4.79 Å². The Labute approximate surface area is 205 Å². The van der Waals surface area contributed by atoms with Crippen LogP contribution < -0.4 is 0 Å². The highest BCUT2D eigenvalue weighted by Crippen LogP contribution is 2.47. The number of fused-ring (bicyclic) bond motifs is 1. The van der Waals surface area contributed by atoms with Gasteiger partial charge in [0.05, 0.1) is 11.4 Å². The number of hydrogen-bond donors (Lipinski definition) is 0. The zero-order valence-corrected chi connectivity index (χ0v) is 21.9. The second-order valence-corrected chi connectivity index (χ2v) is 11.6. The number of nitrogens with zero attached hydrogens (tertiary/aromatic N) is 2. The first-order chi connectivity index (χ1) is 16.1. The van der Waals surface area contributed by atoms with Crippen molar-refractivity contribution in [3.05, 3.63) is 77.5 Å². The van der Waals surface area contributed by atoms with Gasteiger partial charge in [0.2, 0.25) is 0 Å². The predicted molar refractivity (Wildman–Crippen MR) is 141 cm³/mol. The van der Waals surface area contributed by atoms with E-state index in [0.717, 1.165) is 29.8 Å². The Hall–Kier alpha value is -2.68. The second-order valence-electron chi connectivity index (χ2n) is 11.6. The minimum atomic E-state index is -0.209. The van der Waals surface area contributed by atoms with Gasteiger partial charge in [-0.2, -0.15) is 9.78 Å². The second kappa shape index (κ2) is 9.52. The predicted octanol–water partition coefficient (Wildman–Crippen LogP) is 8.29. The molecule has 180 valence electrons. The summed E-state index contributed by atoms with van der Waals surface area (Å²) in [6.45, 7) is 15.6. The maximum atomic E-state index is 14.3. The summed E-state index contributed by atoms with van der Waals surface area (Å²) in [4.78, 5) is 14.3. The van der Waals surface area contributed by atoms with E-state index >= 15 is 0 Å². The van der Waals surface area contributed by atoms with Crippen LogP contribution in [0.15, 0.2) is 60.7 Å². The monoisotopic (exact) mass is 456 g/mol. The van der Waals surface area contributed by atoms with Crippen LogP contribution in [0, 0.1) is 17.3 Å². The Balaban J connectivity index is 1.88. The molecular weight excluding hydrogens is 416 g/mol. The van der Waals surface area contributed by atoms with Crippen LogP contribution in [0.1, 0.15) is 101 Å². The maximum Gasteiger partial charge on any atom is 0.250 e. The van der Waals surface area contributed by atoms with Gasteiger partial charge in [-0.25, -0.2) is 0 Å². The lowest BCUT2D eigenvalue weighted by molar-refractivity contribution is 0.0763. The molecule has 4 rings (SSSR count). The standard InChI is InChI=1S/C31H40N2O/c1-20(2)25-19-18-21(3)26-28(25)32-33(29(26)24-16-12-9-13-17-24)30(34)22(4)27(31(5,6)7)23-14-10-8-11-15-23/h8-17,20-22,25,27H,18-19H2,1-7H3/t21-,22?,25+,27?/m1/s1. The van der Waals surface area contributed by atoms with Crippen LogP contribution in [0.5, 0.6) is 0 Å². The van der Waals surface area contributed by atoms with Crippen molar-refractivity contribution in [1.29, 1.82) is 0 Å². The minimum absolute atomic E-state index is 0.0656. The summed E-state index contributed by atoms with van der Waals surface area (Å²) in [7, 11) is 0. The number of benzene rings is 2. The van der Waals surface area contributed by atoms with Crippen molar-refractivity contribution in [2.45, 2.75) is 79.1 Å². The van der Waals surface area contributed by atoms with Crippen molar-refractivity contribution in [1.82, 2.24) is 9.78 Å². The number of carbonyl (C=O) groups is 1. The quantitative estimate of drug-likeness (QED) is 0.387. The fourth-order valence-electron chi connectivity index (χ4n) is 6.13. The Morgan fingerprint density at radius 1 is 0.941 bits per heavy atom. The SMILES string of the molecule is CC(C(=O)n1nc2c(c1-c1ccccc1)[C@H](C)CC[C@H]2C(C)C)C(c1ccccc1)C(C)(C)C. The van der Waals surface area contributed by atoms with E-state index in [1.165, 1.54) is 11.1 Å². The Morgan fingerprint density at radius 2 is 1.53 bits per heavy atom. The molecule has 3 aromatic rings. The van der Waals surface area contributed by atoms with Crippen molar-refractivity contribution in [3.8, 4) is 11.3 Å². The lowest BCUT2D eigenvalue weighted by Gasteiger charge is -2.35. The topological polar surface area (TPSA) is 34.9 Å². The third kappa shape index (κ3) is 4.50. The Kier molecular flexibility index (Phi) is 6.85. The fourth-order valence-corrected chi connectivity index (χ4v) is 6.13. The molecule has 0 N–H and O–H groups in total. The largest absolute Gasteiger partial charge is 0.272 e. The summed E-state index contributed by atoms with van der Waals surface area (Å²) in [5.41, 5.74) is 5.65. The van der Waals surface area contributed by atoms with Gasteiger partial charge in [-0.05, 0) is 35.7 Å². The van der Waals surface area contributed by atoms with Crippen molar-refractivity contribution in [2.24, 2.45) is 17.3 Å². The Morgan fingerprint density at radius 3 is 2.09 bits per heavy atom. The molecule has 0 amide bonds. The van der Waals surface area contributed by atoms with E-state index < -0.39 is 0 Å². The van der Waals surface area contributed by atoms with Gasteiger partial charge in [0.1, 0.15) is 0 Å². The fraction of sp³-hybridized carbons (Fsp3) is 0.484. The van der Waals surface area contributed by atoms with Crippen molar-refractivity contribution >= 4 is 5.91 Å². The van der Waals surface area contributed by atoms with Crippen LogP contribution in [0.3, 0.4) is 0 Å². The van der Waals surface area contributed by atoms with Gasteiger partial charge in [-0.15, -0.1) is 0 Å². The maximum absolute atomic E-state index is 14.3. The average Bonchev–Trinajstić information content (AvgIpc) is 3.20. The molecule has 0 aliphatic heterocycles. The minimum Gasteiger partial charge on any atom is -0.272 e. The number of hydrogen-bond acceptors (Lipinski definition) is 2. The molecule has 1 heterocycles. The summed E-state index contributed by atoms with van der Waals surface area (Å²) in [5, 5.41) is 5.13. The number of aromatic nitrogens is 2. The summed E-state index contributed by atoms with van der Waals surface area (Å²) in [6.07, 6.45) is 2.27. The highest BCUT2D eigenvalue weighted by molar-refractivity contribution is 5.87. The van der Waals surface area contributed by atoms with Crippen molar-refractivity contribution in [2.75, 3.05) is 0 Å². The molecule has 0 saturated heterocycles.